The first kappa shape index (κ1) is 13.4. The Morgan fingerprint density at radius 1 is 1.17 bits per heavy atom. The predicted octanol–water partition coefficient (Wildman–Crippen LogP) is 4.84. The van der Waals surface area contributed by atoms with Crippen LogP contribution in [-0.2, 0) is 6.54 Å². The van der Waals surface area contributed by atoms with Gasteiger partial charge in [-0.25, -0.2) is 0 Å². The molecule has 0 heterocycles. The van der Waals surface area contributed by atoms with Gasteiger partial charge in [0, 0.05) is 22.3 Å². The van der Waals surface area contributed by atoms with Crippen LogP contribution in [-0.4, -0.2) is 5.11 Å². The molecule has 2 nitrogen and oxygen atoms in total. The second-order valence-electron chi connectivity index (χ2n) is 4.06. The van der Waals surface area contributed by atoms with Gasteiger partial charge in [-0.15, -0.1) is 0 Å². The molecule has 0 fully saturated rings. The molecule has 4 heteroatoms. The first-order valence-electron chi connectivity index (χ1n) is 5.54. The van der Waals surface area contributed by atoms with Crippen molar-refractivity contribution in [3.63, 3.8) is 0 Å². The van der Waals surface area contributed by atoms with E-state index in [4.69, 9.17) is 0 Å². The molecular weight excluding hydrogens is 358 g/mol. The SMILES string of the molecule is Cc1cc(Br)ccc1NCc1cccc(Br)c1O. The van der Waals surface area contributed by atoms with E-state index >= 15 is 0 Å². The number of para-hydroxylation sites is 1. The lowest BCUT2D eigenvalue weighted by Gasteiger charge is -2.11. The van der Waals surface area contributed by atoms with Crippen molar-refractivity contribution in [3.8, 4) is 5.75 Å². The van der Waals surface area contributed by atoms with Crippen molar-refractivity contribution in [2.24, 2.45) is 0 Å². The summed E-state index contributed by atoms with van der Waals surface area (Å²) in [5, 5.41) is 13.2. The smallest absolute Gasteiger partial charge is 0.134 e. The normalized spacial score (nSPS) is 10.4. The number of hydrogen-bond acceptors (Lipinski definition) is 2. The number of phenolic OH excluding ortho intramolecular Hbond substituents is 1. The minimum atomic E-state index is 0.291. The Balaban J connectivity index is 2.14. The third-order valence-corrected chi connectivity index (χ3v) is 3.86. The topological polar surface area (TPSA) is 32.3 Å². The van der Waals surface area contributed by atoms with Crippen molar-refractivity contribution in [1.29, 1.82) is 0 Å². The van der Waals surface area contributed by atoms with E-state index in [9.17, 15) is 5.11 Å². The highest BCUT2D eigenvalue weighted by Gasteiger charge is 2.05. The van der Waals surface area contributed by atoms with Crippen LogP contribution >= 0.6 is 31.9 Å². The van der Waals surface area contributed by atoms with Crippen molar-refractivity contribution in [3.05, 3.63) is 56.5 Å². The highest BCUT2D eigenvalue weighted by Crippen LogP contribution is 2.28. The van der Waals surface area contributed by atoms with E-state index in [1.165, 1.54) is 5.56 Å². The van der Waals surface area contributed by atoms with Crippen LogP contribution in [0.2, 0.25) is 0 Å². The van der Waals surface area contributed by atoms with Crippen LogP contribution in [0.5, 0.6) is 5.75 Å². The molecule has 2 aromatic carbocycles. The lowest BCUT2D eigenvalue weighted by molar-refractivity contribution is 0.465. The Labute approximate surface area is 123 Å². The molecule has 0 aliphatic rings. The Morgan fingerprint density at radius 3 is 2.67 bits per heavy atom. The minimum absolute atomic E-state index is 0.291. The zero-order valence-electron chi connectivity index (χ0n) is 9.87. The maximum atomic E-state index is 9.89. The van der Waals surface area contributed by atoms with Gasteiger partial charge >= 0.3 is 0 Å². The second kappa shape index (κ2) is 5.76. The number of halogens is 2. The Kier molecular flexibility index (Phi) is 4.30. The fraction of sp³-hybridized carbons (Fsp3) is 0.143. The van der Waals surface area contributed by atoms with Crippen molar-refractivity contribution in [2.75, 3.05) is 5.32 Å². The van der Waals surface area contributed by atoms with E-state index in [0.717, 1.165) is 15.7 Å². The van der Waals surface area contributed by atoms with Crippen LogP contribution in [0.15, 0.2) is 45.3 Å². The summed E-state index contributed by atoms with van der Waals surface area (Å²) >= 11 is 6.75. The molecule has 0 saturated heterocycles. The van der Waals surface area contributed by atoms with Gasteiger partial charge in [0.25, 0.3) is 0 Å². The average molecular weight is 371 g/mol. The fourth-order valence-electron chi connectivity index (χ4n) is 1.72. The molecule has 0 radical (unpaired) electrons. The molecular formula is C14H13Br2NO. The number of aryl methyl sites for hydroxylation is 1. The summed E-state index contributed by atoms with van der Waals surface area (Å²) in [5.74, 6) is 0.291. The highest BCUT2D eigenvalue weighted by molar-refractivity contribution is 9.10. The summed E-state index contributed by atoms with van der Waals surface area (Å²) in [7, 11) is 0. The van der Waals surface area contributed by atoms with Gasteiger partial charge < -0.3 is 10.4 Å². The monoisotopic (exact) mass is 369 g/mol. The lowest BCUT2D eigenvalue weighted by Crippen LogP contribution is -2.01. The lowest BCUT2D eigenvalue weighted by atomic mass is 10.1. The molecule has 0 aliphatic heterocycles. The van der Waals surface area contributed by atoms with Crippen molar-refractivity contribution >= 4 is 37.5 Å². The zero-order valence-corrected chi connectivity index (χ0v) is 13.0. The van der Waals surface area contributed by atoms with Gasteiger partial charge in [-0.05, 0) is 52.7 Å². The fourth-order valence-corrected chi connectivity index (χ4v) is 2.60. The summed E-state index contributed by atoms with van der Waals surface area (Å²) in [4.78, 5) is 0. The maximum absolute atomic E-state index is 9.89. The Hall–Kier alpha value is -1.00. The van der Waals surface area contributed by atoms with E-state index in [2.05, 4.69) is 43.2 Å². The van der Waals surface area contributed by atoms with Crippen molar-refractivity contribution < 1.29 is 5.11 Å². The second-order valence-corrected chi connectivity index (χ2v) is 5.83. The molecule has 2 rings (SSSR count). The first-order chi connectivity index (χ1) is 8.58. The van der Waals surface area contributed by atoms with Crippen molar-refractivity contribution in [2.45, 2.75) is 13.5 Å². The average Bonchev–Trinajstić information content (AvgIpc) is 2.33. The molecule has 0 aromatic heterocycles. The number of benzene rings is 2. The molecule has 0 atom stereocenters. The van der Waals surface area contributed by atoms with Crippen LogP contribution < -0.4 is 5.32 Å². The quantitative estimate of drug-likeness (QED) is 0.810. The molecule has 18 heavy (non-hydrogen) atoms. The van der Waals surface area contributed by atoms with E-state index in [1.54, 1.807) is 0 Å². The van der Waals surface area contributed by atoms with Crippen LogP contribution in [0.1, 0.15) is 11.1 Å². The Bertz CT molecular complexity index is 570. The predicted molar refractivity (Wildman–Crippen MR) is 82.0 cm³/mol. The molecule has 0 spiro atoms. The van der Waals surface area contributed by atoms with Gasteiger partial charge in [0.1, 0.15) is 5.75 Å². The number of hydrogen-bond donors (Lipinski definition) is 2. The Morgan fingerprint density at radius 2 is 1.94 bits per heavy atom. The van der Waals surface area contributed by atoms with Gasteiger partial charge in [0.05, 0.1) is 4.47 Å². The van der Waals surface area contributed by atoms with E-state index < -0.39 is 0 Å². The van der Waals surface area contributed by atoms with Crippen LogP contribution in [0, 0.1) is 6.92 Å². The number of aromatic hydroxyl groups is 1. The zero-order chi connectivity index (χ0) is 13.1. The summed E-state index contributed by atoms with van der Waals surface area (Å²) < 4.78 is 1.78. The van der Waals surface area contributed by atoms with Gasteiger partial charge in [0.15, 0.2) is 0 Å². The molecule has 0 bridgehead atoms. The van der Waals surface area contributed by atoms with Crippen LogP contribution in [0.3, 0.4) is 0 Å². The van der Waals surface area contributed by atoms with Crippen LogP contribution in [0.4, 0.5) is 5.69 Å². The summed E-state index contributed by atoms with van der Waals surface area (Å²) in [6.45, 7) is 2.64. The third-order valence-electron chi connectivity index (χ3n) is 2.73. The number of nitrogens with one attached hydrogen (secondary N) is 1. The number of phenols is 1. The molecule has 2 N–H and O–H groups in total. The van der Waals surface area contributed by atoms with E-state index in [0.29, 0.717) is 16.8 Å². The minimum Gasteiger partial charge on any atom is -0.506 e. The highest BCUT2D eigenvalue weighted by atomic mass is 79.9. The third kappa shape index (κ3) is 3.06. The van der Waals surface area contributed by atoms with Crippen molar-refractivity contribution in [1.82, 2.24) is 0 Å². The van der Waals surface area contributed by atoms with E-state index in [-0.39, 0.29) is 0 Å². The number of rotatable bonds is 3. The van der Waals surface area contributed by atoms with Gasteiger partial charge in [-0.1, -0.05) is 28.1 Å². The van der Waals surface area contributed by atoms with E-state index in [1.807, 2.05) is 37.3 Å². The molecule has 0 saturated carbocycles. The standard InChI is InChI=1S/C14H13Br2NO/c1-9-7-11(15)5-6-13(9)17-8-10-3-2-4-12(16)14(10)18/h2-7,17-18H,8H2,1H3. The molecule has 0 amide bonds. The molecule has 0 unspecified atom stereocenters. The molecule has 2 aromatic rings. The van der Waals surface area contributed by atoms with Gasteiger partial charge in [0.2, 0.25) is 0 Å². The van der Waals surface area contributed by atoms with Crippen LogP contribution in [0.25, 0.3) is 0 Å². The molecule has 0 aliphatic carbocycles. The first-order valence-corrected chi connectivity index (χ1v) is 7.13. The maximum Gasteiger partial charge on any atom is 0.134 e. The molecule has 94 valence electrons. The van der Waals surface area contributed by atoms with Gasteiger partial charge in [-0.3, -0.25) is 0 Å². The number of anilines is 1. The summed E-state index contributed by atoms with van der Waals surface area (Å²) in [6, 6.07) is 11.7. The largest absolute Gasteiger partial charge is 0.506 e. The van der Waals surface area contributed by atoms with Gasteiger partial charge in [-0.2, -0.15) is 0 Å². The summed E-state index contributed by atoms with van der Waals surface area (Å²) in [5.41, 5.74) is 3.10. The summed E-state index contributed by atoms with van der Waals surface area (Å²) in [6.07, 6.45) is 0.